The van der Waals surface area contributed by atoms with Crippen LogP contribution >= 0.6 is 11.8 Å². The molecule has 0 bridgehead atoms. The van der Waals surface area contributed by atoms with E-state index in [-0.39, 0.29) is 28.9 Å². The quantitative estimate of drug-likeness (QED) is 0.626. The van der Waals surface area contributed by atoms with Crippen LogP contribution in [0.3, 0.4) is 0 Å². The molecule has 1 amide bonds. The van der Waals surface area contributed by atoms with E-state index in [9.17, 15) is 4.79 Å². The number of amidine groups is 1. The van der Waals surface area contributed by atoms with E-state index in [0.29, 0.717) is 6.54 Å². The Bertz CT molecular complexity index is 506. The Labute approximate surface area is 127 Å². The fraction of sp³-hybridized carbons (Fsp3) is 0.385. The van der Waals surface area contributed by atoms with Crippen LogP contribution in [0.25, 0.3) is 0 Å². The van der Waals surface area contributed by atoms with Crippen LogP contribution < -0.4 is 22.7 Å². The SMILES string of the molecule is NC(=O)CN1C2=[N+](CCS2)CC1c1ccccc1.[Br-]. The van der Waals surface area contributed by atoms with Crippen LogP contribution in [0.5, 0.6) is 0 Å². The molecule has 2 N–H and O–H groups in total. The molecule has 1 aromatic carbocycles. The molecule has 102 valence electrons. The molecule has 0 saturated heterocycles. The number of carbonyl (C=O) groups excluding carboxylic acids is 1. The largest absolute Gasteiger partial charge is 1.00 e. The van der Waals surface area contributed by atoms with Gasteiger partial charge in [0.2, 0.25) is 0 Å². The Balaban J connectivity index is 0.00000133. The lowest BCUT2D eigenvalue weighted by Gasteiger charge is -2.19. The maximum atomic E-state index is 11.3. The number of primary amides is 1. The Morgan fingerprint density at radius 1 is 1.42 bits per heavy atom. The van der Waals surface area contributed by atoms with Gasteiger partial charge in [-0.1, -0.05) is 30.3 Å². The summed E-state index contributed by atoms with van der Waals surface area (Å²) in [5.41, 5.74) is 6.62. The van der Waals surface area contributed by atoms with Crippen molar-refractivity contribution in [3.63, 3.8) is 0 Å². The van der Waals surface area contributed by atoms with Crippen molar-refractivity contribution in [2.45, 2.75) is 6.04 Å². The Kier molecular flexibility index (Phi) is 4.52. The highest BCUT2D eigenvalue weighted by atomic mass is 79.9. The van der Waals surface area contributed by atoms with Gasteiger partial charge in [0.1, 0.15) is 6.54 Å². The molecule has 0 aliphatic carbocycles. The predicted octanol–water partition coefficient (Wildman–Crippen LogP) is -2.35. The predicted molar refractivity (Wildman–Crippen MR) is 72.5 cm³/mol. The summed E-state index contributed by atoms with van der Waals surface area (Å²) in [6.07, 6.45) is 0. The Morgan fingerprint density at radius 2 is 2.16 bits per heavy atom. The molecular formula is C13H16BrN3OS. The topological polar surface area (TPSA) is 49.3 Å². The lowest BCUT2D eigenvalue weighted by molar-refractivity contribution is -0.511. The average Bonchev–Trinajstić information content (AvgIpc) is 2.93. The number of carbonyl (C=O) groups is 1. The van der Waals surface area contributed by atoms with E-state index in [1.54, 1.807) is 0 Å². The second-order valence-electron chi connectivity index (χ2n) is 4.60. The van der Waals surface area contributed by atoms with E-state index in [1.165, 1.54) is 10.7 Å². The lowest BCUT2D eigenvalue weighted by Crippen LogP contribution is -3.00. The van der Waals surface area contributed by atoms with Gasteiger partial charge in [-0.25, -0.2) is 4.90 Å². The molecule has 6 heteroatoms. The first-order valence-corrected chi connectivity index (χ1v) is 7.09. The van der Waals surface area contributed by atoms with Gasteiger partial charge in [0.25, 0.3) is 5.91 Å². The normalized spacial score (nSPS) is 21.3. The molecule has 2 aliphatic heterocycles. The van der Waals surface area contributed by atoms with Crippen molar-refractivity contribution >= 4 is 22.8 Å². The fourth-order valence-electron chi connectivity index (χ4n) is 2.61. The number of halogens is 1. The van der Waals surface area contributed by atoms with Crippen molar-refractivity contribution in [2.24, 2.45) is 5.73 Å². The number of amides is 1. The number of hydrogen-bond acceptors (Lipinski definition) is 3. The van der Waals surface area contributed by atoms with Crippen LogP contribution in [0.2, 0.25) is 0 Å². The third kappa shape index (κ3) is 2.79. The third-order valence-corrected chi connectivity index (χ3v) is 4.53. The molecule has 3 rings (SSSR count). The monoisotopic (exact) mass is 341 g/mol. The standard InChI is InChI=1S/C13H15N3OS.BrH/c14-12(17)9-16-11(10-4-2-1-3-5-10)8-15-6-7-18-13(15)16;/h1-5,11H,6-9H2,(H-,14,17);1H. The van der Waals surface area contributed by atoms with Crippen molar-refractivity contribution in [3.8, 4) is 0 Å². The van der Waals surface area contributed by atoms with Gasteiger partial charge in [0.05, 0.1) is 6.54 Å². The van der Waals surface area contributed by atoms with E-state index in [1.807, 2.05) is 30.0 Å². The summed E-state index contributed by atoms with van der Waals surface area (Å²) < 4.78 is 2.35. The second-order valence-corrected chi connectivity index (χ2v) is 5.66. The van der Waals surface area contributed by atoms with Gasteiger partial charge >= 0.3 is 5.17 Å². The van der Waals surface area contributed by atoms with Crippen LogP contribution in [-0.4, -0.2) is 45.9 Å². The molecule has 4 nitrogen and oxygen atoms in total. The van der Waals surface area contributed by atoms with E-state index in [2.05, 4.69) is 21.6 Å². The summed E-state index contributed by atoms with van der Waals surface area (Å²) in [6, 6.07) is 10.6. The Hall–Kier alpha value is -1.01. The summed E-state index contributed by atoms with van der Waals surface area (Å²) >= 11 is 1.82. The fourth-order valence-corrected chi connectivity index (χ4v) is 3.82. The molecule has 0 radical (unpaired) electrons. The number of nitrogens with two attached hydrogens (primary N) is 1. The van der Waals surface area contributed by atoms with Crippen LogP contribution in [-0.2, 0) is 4.79 Å². The lowest BCUT2D eigenvalue weighted by atomic mass is 10.1. The maximum absolute atomic E-state index is 11.3. The van der Waals surface area contributed by atoms with Crippen LogP contribution in [0, 0.1) is 0 Å². The smallest absolute Gasteiger partial charge is 0.309 e. The van der Waals surface area contributed by atoms with Gasteiger partial charge in [-0.3, -0.25) is 9.37 Å². The number of rotatable bonds is 3. The molecule has 0 spiro atoms. The van der Waals surface area contributed by atoms with Gasteiger partial charge in [-0.05, 0) is 11.8 Å². The van der Waals surface area contributed by atoms with E-state index in [4.69, 9.17) is 5.73 Å². The number of hydrogen-bond donors (Lipinski definition) is 1. The molecule has 1 atom stereocenters. The van der Waals surface area contributed by atoms with E-state index in [0.717, 1.165) is 18.8 Å². The summed E-state index contributed by atoms with van der Waals surface area (Å²) in [5.74, 6) is 0.837. The van der Waals surface area contributed by atoms with E-state index < -0.39 is 0 Å². The highest BCUT2D eigenvalue weighted by Gasteiger charge is 2.43. The highest BCUT2D eigenvalue weighted by molar-refractivity contribution is 8.13. The summed E-state index contributed by atoms with van der Waals surface area (Å²) in [4.78, 5) is 13.4. The van der Waals surface area contributed by atoms with Gasteiger partial charge in [0, 0.05) is 11.3 Å². The first kappa shape index (κ1) is 14.4. The van der Waals surface area contributed by atoms with Crippen LogP contribution in [0.4, 0.5) is 0 Å². The zero-order valence-corrected chi connectivity index (χ0v) is 12.9. The Morgan fingerprint density at radius 3 is 2.84 bits per heavy atom. The summed E-state index contributed by atoms with van der Waals surface area (Å²) in [5, 5.41) is 1.21. The molecule has 2 heterocycles. The van der Waals surface area contributed by atoms with Crippen molar-refractivity contribution in [3.05, 3.63) is 35.9 Å². The minimum Gasteiger partial charge on any atom is -1.00 e. The van der Waals surface area contributed by atoms with Gasteiger partial charge in [-0.2, -0.15) is 0 Å². The number of nitrogens with zero attached hydrogens (tertiary/aromatic N) is 2. The molecule has 0 fully saturated rings. The van der Waals surface area contributed by atoms with Crippen LogP contribution in [0.15, 0.2) is 30.3 Å². The van der Waals surface area contributed by atoms with Crippen molar-refractivity contribution < 1.29 is 26.4 Å². The number of thioether (sulfide) groups is 1. The van der Waals surface area contributed by atoms with Crippen molar-refractivity contribution in [1.82, 2.24) is 4.90 Å². The highest BCUT2D eigenvalue weighted by Crippen LogP contribution is 2.32. The molecular weight excluding hydrogens is 326 g/mol. The first-order valence-electron chi connectivity index (χ1n) is 6.10. The zero-order chi connectivity index (χ0) is 12.5. The average molecular weight is 342 g/mol. The van der Waals surface area contributed by atoms with Gasteiger partial charge < -0.3 is 22.7 Å². The van der Waals surface area contributed by atoms with Crippen molar-refractivity contribution in [1.29, 1.82) is 0 Å². The van der Waals surface area contributed by atoms with E-state index >= 15 is 0 Å². The van der Waals surface area contributed by atoms with Crippen LogP contribution in [0.1, 0.15) is 11.6 Å². The molecule has 0 saturated carbocycles. The maximum Gasteiger partial charge on any atom is 0.309 e. The van der Waals surface area contributed by atoms with Gasteiger partial charge in [0.15, 0.2) is 12.6 Å². The molecule has 19 heavy (non-hydrogen) atoms. The van der Waals surface area contributed by atoms with Gasteiger partial charge in [-0.15, -0.1) is 0 Å². The summed E-state index contributed by atoms with van der Waals surface area (Å²) in [7, 11) is 0. The minimum atomic E-state index is -0.266. The summed E-state index contributed by atoms with van der Waals surface area (Å²) in [6.45, 7) is 2.33. The first-order chi connectivity index (χ1) is 8.75. The molecule has 1 aromatic rings. The molecule has 0 aromatic heterocycles. The third-order valence-electron chi connectivity index (χ3n) is 3.39. The zero-order valence-electron chi connectivity index (χ0n) is 10.5. The number of benzene rings is 1. The molecule has 2 aliphatic rings. The minimum absolute atomic E-state index is 0. The molecule has 1 unspecified atom stereocenters. The second kappa shape index (κ2) is 5.96. The van der Waals surface area contributed by atoms with Crippen molar-refractivity contribution in [2.75, 3.05) is 25.4 Å².